The molecule has 0 bridgehead atoms. The van der Waals surface area contributed by atoms with Gasteiger partial charge in [0, 0.05) is 61.7 Å². The number of amides is 2. The lowest BCUT2D eigenvalue weighted by atomic mass is 9.63. The number of primary amides is 1. The van der Waals surface area contributed by atoms with E-state index in [9.17, 15) is 56.7 Å². The Labute approximate surface area is 373 Å². The summed E-state index contributed by atoms with van der Waals surface area (Å²) in [6, 6.07) is 0. The van der Waals surface area contributed by atoms with Crippen molar-refractivity contribution in [2.45, 2.75) is 159 Å². The van der Waals surface area contributed by atoms with Gasteiger partial charge in [0.2, 0.25) is 21.8 Å². The van der Waals surface area contributed by atoms with Crippen LogP contribution in [0.15, 0.2) is 0 Å². The molecule has 1 saturated carbocycles. The fourth-order valence-corrected chi connectivity index (χ4v) is 8.57. The number of rotatable bonds is 11. The van der Waals surface area contributed by atoms with E-state index in [4.69, 9.17) is 5.73 Å². The van der Waals surface area contributed by atoms with Crippen molar-refractivity contribution >= 4 is 60.5 Å². The van der Waals surface area contributed by atoms with Gasteiger partial charge in [0.15, 0.2) is 23.0 Å². The molecule has 0 radical (unpaired) electrons. The van der Waals surface area contributed by atoms with Crippen LogP contribution in [0, 0.1) is 27.1 Å². The Morgan fingerprint density at radius 2 is 0.839 bits per heavy atom. The van der Waals surface area contributed by atoms with E-state index in [0.717, 1.165) is 17.0 Å². The molecule has 4 rings (SSSR count). The monoisotopic (exact) mass is 923 g/mol. The highest BCUT2D eigenvalue weighted by Gasteiger charge is 2.53. The van der Waals surface area contributed by atoms with Gasteiger partial charge in [-0.05, 0) is 40.4 Å². The van der Waals surface area contributed by atoms with Gasteiger partial charge in [0.25, 0.3) is 0 Å². The molecule has 0 aromatic heterocycles. The Morgan fingerprint density at radius 3 is 1.05 bits per heavy atom. The molecule has 1 unspecified atom stereocenters. The summed E-state index contributed by atoms with van der Waals surface area (Å²) in [6.07, 6.45) is 6.20. The SMILES string of the molecule is C.C=S(C)(=O)N1CC(O)(C(=O)CC(C)(C)C)C1.CC(=O)N1CC(O)(C(=O)CC(C)(C)C)C1.CC(C)(C)CC(=O)C1(C(N)=O)CCC1.CC(C)(C)CC(=O)C1(O)CN(S(C)(=O)=O)C1. The first-order valence-electron chi connectivity index (χ1n) is 20.7. The molecule has 16 nitrogen and oxygen atoms in total. The number of nitrogens with zero attached hydrogens (tertiary/aromatic N) is 3. The number of Topliss-reactive ketones (excluding diaryl/α,β-unsaturated/α-hetero) is 4. The number of β-amino-alcohol motifs (C(OH)–C–C–N with tert-alkyl or cyclic N) is 3. The van der Waals surface area contributed by atoms with E-state index in [-0.39, 0.29) is 104 Å². The highest BCUT2D eigenvalue weighted by Crippen LogP contribution is 2.44. The van der Waals surface area contributed by atoms with E-state index in [1.165, 1.54) is 18.1 Å². The van der Waals surface area contributed by atoms with E-state index in [2.05, 4.69) is 5.87 Å². The van der Waals surface area contributed by atoms with Crippen molar-refractivity contribution in [2.24, 2.45) is 32.8 Å². The Balaban J connectivity index is 0.000000797. The second-order valence-corrected chi connectivity index (χ2v) is 27.1. The molecule has 3 aliphatic heterocycles. The number of ketones is 4. The maximum absolute atomic E-state index is 11.9. The molecule has 3 saturated heterocycles. The maximum Gasteiger partial charge on any atom is 0.231 e. The summed E-state index contributed by atoms with van der Waals surface area (Å²) in [6.45, 7) is 25.2. The van der Waals surface area contributed by atoms with Crippen LogP contribution >= 0.6 is 0 Å². The minimum absolute atomic E-state index is 0. The van der Waals surface area contributed by atoms with Crippen molar-refractivity contribution in [2.75, 3.05) is 51.8 Å². The van der Waals surface area contributed by atoms with Gasteiger partial charge in [0.1, 0.15) is 22.4 Å². The van der Waals surface area contributed by atoms with E-state index in [1.54, 1.807) is 4.31 Å². The predicted octanol–water partition coefficient (Wildman–Crippen LogP) is 3.17. The molecule has 62 heavy (non-hydrogen) atoms. The zero-order valence-electron chi connectivity index (χ0n) is 39.7. The van der Waals surface area contributed by atoms with Crippen LogP contribution in [0.25, 0.3) is 0 Å². The van der Waals surface area contributed by atoms with Gasteiger partial charge in [-0.1, -0.05) is 96.9 Å². The fourth-order valence-electron chi connectivity index (χ4n) is 6.70. The molecule has 4 aliphatic rings. The smallest absolute Gasteiger partial charge is 0.231 e. The zero-order valence-corrected chi connectivity index (χ0v) is 41.3. The maximum atomic E-state index is 11.9. The highest BCUT2D eigenvalue weighted by atomic mass is 32.2. The molecule has 0 spiro atoms. The lowest BCUT2D eigenvalue weighted by molar-refractivity contribution is -0.167. The van der Waals surface area contributed by atoms with Crippen LogP contribution in [0.1, 0.15) is 142 Å². The van der Waals surface area contributed by atoms with Crippen LogP contribution in [-0.2, 0) is 48.5 Å². The van der Waals surface area contributed by atoms with Crippen molar-refractivity contribution in [1.29, 1.82) is 0 Å². The van der Waals surface area contributed by atoms with Gasteiger partial charge in [0.05, 0.1) is 32.4 Å². The summed E-state index contributed by atoms with van der Waals surface area (Å²) in [5.41, 5.74) is -0.116. The van der Waals surface area contributed by atoms with Gasteiger partial charge in [-0.2, -0.15) is 4.31 Å². The van der Waals surface area contributed by atoms with Gasteiger partial charge in [-0.3, -0.25) is 33.0 Å². The third-order valence-corrected chi connectivity index (χ3v) is 13.2. The molecule has 2 amide bonds. The fraction of sp³-hybridized carbons (Fsp3) is 0.841. The van der Waals surface area contributed by atoms with Gasteiger partial charge in [-0.15, -0.1) is 0 Å². The van der Waals surface area contributed by atoms with Gasteiger partial charge < -0.3 is 26.0 Å². The molecule has 3 heterocycles. The predicted molar refractivity (Wildman–Crippen MR) is 245 cm³/mol. The van der Waals surface area contributed by atoms with E-state index < -0.39 is 47.9 Å². The van der Waals surface area contributed by atoms with Crippen LogP contribution in [-0.4, -0.2) is 151 Å². The Morgan fingerprint density at radius 1 is 0.565 bits per heavy atom. The van der Waals surface area contributed by atoms with Crippen molar-refractivity contribution in [3.8, 4) is 0 Å². The zero-order chi connectivity index (χ0) is 48.4. The summed E-state index contributed by atoms with van der Waals surface area (Å²) in [4.78, 5) is 70.9. The number of aliphatic hydroxyl groups is 3. The van der Waals surface area contributed by atoms with Gasteiger partial charge >= 0.3 is 0 Å². The topological polar surface area (TPSA) is 250 Å². The van der Waals surface area contributed by atoms with Crippen LogP contribution < -0.4 is 5.73 Å². The highest BCUT2D eigenvalue weighted by molar-refractivity contribution is 7.97. The minimum Gasteiger partial charge on any atom is -0.379 e. The third-order valence-electron chi connectivity index (χ3n) is 10.7. The standard InChI is InChI=1S/C11H21NO3S.C11H19NO3.C11H19NO2.C10H19NO4S.CH4/c1-10(2,3)6-9(13)11(14)7-12(8-11)16(4,5)15;1-8(13)12-6-11(15,7-12)9(14)5-10(2,3)4;1-10(2,3)7-8(13)11(9(12)14)5-4-6-11;1-9(2,3)5-8(12)10(13)6-11(7-10)16(4,14)15;/h14H,4,6-8H2,1-3,5H3;15H,5-7H2,1-4H3;4-7H2,1-3H3,(H2,12,14);13H,5-7H2,1-4H3;1H4. The molecule has 0 aromatic carbocycles. The molecule has 18 heteroatoms. The average molecular weight is 923 g/mol. The minimum atomic E-state index is -3.29. The Bertz CT molecular complexity index is 1780. The van der Waals surface area contributed by atoms with Crippen LogP contribution in [0.2, 0.25) is 0 Å². The van der Waals surface area contributed by atoms with Crippen molar-refractivity contribution in [3.05, 3.63) is 0 Å². The van der Waals surface area contributed by atoms with E-state index >= 15 is 0 Å². The number of hydrogen-bond acceptors (Lipinski definition) is 12. The quantitative estimate of drug-likeness (QED) is 0.172. The summed E-state index contributed by atoms with van der Waals surface area (Å²) in [5, 5.41) is 29.9. The summed E-state index contributed by atoms with van der Waals surface area (Å²) in [5.74, 6) is 2.42. The third kappa shape index (κ3) is 17.8. The lowest BCUT2D eigenvalue weighted by Crippen LogP contribution is -2.67. The van der Waals surface area contributed by atoms with E-state index in [1.807, 2.05) is 83.1 Å². The number of likely N-dealkylation sites (tertiary alicyclic amines) is 1. The van der Waals surface area contributed by atoms with Crippen molar-refractivity contribution < 1.29 is 56.7 Å². The molecule has 5 N–H and O–H groups in total. The first-order valence-corrected chi connectivity index (χ1v) is 24.6. The second kappa shape index (κ2) is 20.3. The summed E-state index contributed by atoms with van der Waals surface area (Å²) < 4.78 is 36.4. The number of hydrogen-bond donors (Lipinski definition) is 4. The second-order valence-electron chi connectivity index (χ2n) is 22.7. The van der Waals surface area contributed by atoms with E-state index in [0.29, 0.717) is 32.1 Å². The summed E-state index contributed by atoms with van der Waals surface area (Å²) >= 11 is 0. The largest absolute Gasteiger partial charge is 0.379 e. The Kier molecular flexibility index (Phi) is 19.4. The average Bonchev–Trinajstić information content (AvgIpc) is 2.91. The van der Waals surface area contributed by atoms with Crippen LogP contribution in [0.4, 0.5) is 0 Å². The van der Waals surface area contributed by atoms with Crippen LogP contribution in [0.3, 0.4) is 0 Å². The van der Waals surface area contributed by atoms with Gasteiger partial charge in [-0.25, -0.2) is 12.7 Å². The molecular weight excluding hydrogens is 841 g/mol. The molecule has 1 atom stereocenters. The van der Waals surface area contributed by atoms with Crippen molar-refractivity contribution in [3.63, 3.8) is 0 Å². The van der Waals surface area contributed by atoms with Crippen LogP contribution in [0.5, 0.6) is 0 Å². The molecule has 362 valence electrons. The number of carbonyl (C=O) groups is 6. The lowest BCUT2D eigenvalue weighted by Gasteiger charge is -2.46. The normalized spacial score (nSPS) is 21.2. The summed E-state index contributed by atoms with van der Waals surface area (Å²) in [7, 11) is -5.59. The molecule has 1 aliphatic carbocycles. The number of nitrogens with two attached hydrogens (primary N) is 1. The first-order chi connectivity index (χ1) is 26.8. The Hall–Kier alpha value is -2.61. The van der Waals surface area contributed by atoms with Crippen molar-refractivity contribution in [1.82, 2.24) is 13.5 Å². The number of sulfonamides is 1. The first kappa shape index (κ1) is 59.4. The molecule has 4 fully saturated rings. The number of carbonyl (C=O) groups excluding carboxylic acids is 6. The molecular formula is C44H82N4O12S2. The molecule has 0 aromatic rings.